The minimum atomic E-state index is -3.75. The van der Waals surface area contributed by atoms with E-state index in [1.165, 1.54) is 24.3 Å². The smallest absolute Gasteiger partial charge is 0.263 e. The van der Waals surface area contributed by atoms with E-state index in [0.717, 1.165) is 23.3 Å². The number of thiazole rings is 1. The molecule has 0 aliphatic heterocycles. The van der Waals surface area contributed by atoms with E-state index in [4.69, 9.17) is 11.6 Å². The molecule has 9 heteroatoms. The van der Waals surface area contributed by atoms with Gasteiger partial charge in [0, 0.05) is 16.9 Å². The summed E-state index contributed by atoms with van der Waals surface area (Å²) in [5.74, 6) is -0.159. The minimum Gasteiger partial charge on any atom is -0.355 e. The highest BCUT2D eigenvalue weighted by atomic mass is 35.5. The summed E-state index contributed by atoms with van der Waals surface area (Å²) in [5, 5.41) is 5.17. The van der Waals surface area contributed by atoms with Crippen molar-refractivity contribution in [1.82, 2.24) is 10.3 Å². The predicted octanol–water partition coefficient (Wildman–Crippen LogP) is 3.50. The Morgan fingerprint density at radius 3 is 2.50 bits per heavy atom. The van der Waals surface area contributed by atoms with E-state index in [0.29, 0.717) is 17.3 Å². The fourth-order valence-corrected chi connectivity index (χ4v) is 4.53. The molecule has 0 aliphatic rings. The van der Waals surface area contributed by atoms with Crippen LogP contribution in [0.2, 0.25) is 5.02 Å². The van der Waals surface area contributed by atoms with E-state index in [2.05, 4.69) is 15.0 Å². The van der Waals surface area contributed by atoms with Gasteiger partial charge in [-0.15, -0.1) is 11.3 Å². The van der Waals surface area contributed by atoms with Crippen LogP contribution in [0.4, 0.5) is 5.13 Å². The molecule has 0 radical (unpaired) electrons. The summed E-state index contributed by atoms with van der Waals surface area (Å²) in [7, 11) is -3.75. The van der Waals surface area contributed by atoms with Crippen molar-refractivity contribution in [3.8, 4) is 0 Å². The van der Waals surface area contributed by atoms with E-state index < -0.39 is 10.0 Å². The van der Waals surface area contributed by atoms with Gasteiger partial charge >= 0.3 is 0 Å². The maximum Gasteiger partial charge on any atom is 0.263 e. The van der Waals surface area contributed by atoms with E-state index >= 15 is 0 Å². The molecule has 0 atom stereocenters. The topological polar surface area (TPSA) is 88.2 Å². The molecule has 146 valence electrons. The van der Waals surface area contributed by atoms with Gasteiger partial charge in [-0.1, -0.05) is 41.9 Å². The van der Waals surface area contributed by atoms with Gasteiger partial charge in [-0.3, -0.25) is 9.52 Å². The number of rotatable bonds is 8. The van der Waals surface area contributed by atoms with Crippen molar-refractivity contribution < 1.29 is 13.2 Å². The molecule has 0 bridgehead atoms. The van der Waals surface area contributed by atoms with Gasteiger partial charge in [0.1, 0.15) is 0 Å². The second kappa shape index (κ2) is 9.18. The van der Waals surface area contributed by atoms with Crippen molar-refractivity contribution in [3.63, 3.8) is 0 Å². The summed E-state index contributed by atoms with van der Waals surface area (Å²) in [5.41, 5.74) is 1.66. The lowest BCUT2D eigenvalue weighted by Crippen LogP contribution is -2.27. The van der Waals surface area contributed by atoms with Crippen molar-refractivity contribution in [2.75, 3.05) is 11.3 Å². The maximum atomic E-state index is 12.4. The normalized spacial score (nSPS) is 11.2. The van der Waals surface area contributed by atoms with Crippen LogP contribution in [-0.2, 0) is 27.7 Å². The standard InChI is InChI=1S/C19H18ClN3O3S2/c20-15-6-8-17(9-7-15)28(25,26)23-19-22-16(13-27-19)12-18(24)21-11-10-14-4-2-1-3-5-14/h1-9,13H,10-12H2,(H,21,24)(H,22,23). The van der Waals surface area contributed by atoms with Gasteiger partial charge in [0.25, 0.3) is 10.0 Å². The molecule has 0 saturated heterocycles. The van der Waals surface area contributed by atoms with Crippen LogP contribution in [0.5, 0.6) is 0 Å². The number of hydrogen-bond acceptors (Lipinski definition) is 5. The number of benzene rings is 2. The fraction of sp³-hybridized carbons (Fsp3) is 0.158. The van der Waals surface area contributed by atoms with Gasteiger partial charge < -0.3 is 5.32 Å². The predicted molar refractivity (Wildman–Crippen MR) is 111 cm³/mol. The quantitative estimate of drug-likeness (QED) is 0.566. The number of sulfonamides is 1. The largest absolute Gasteiger partial charge is 0.355 e. The first-order valence-electron chi connectivity index (χ1n) is 8.46. The molecule has 0 fully saturated rings. The summed E-state index contributed by atoms with van der Waals surface area (Å²) in [6, 6.07) is 15.7. The molecule has 3 aromatic rings. The number of carbonyl (C=O) groups is 1. The van der Waals surface area contributed by atoms with Gasteiger partial charge in [-0.2, -0.15) is 0 Å². The second-order valence-corrected chi connectivity index (χ2v) is 8.94. The average molecular weight is 436 g/mol. The van der Waals surface area contributed by atoms with Crippen molar-refractivity contribution in [2.45, 2.75) is 17.7 Å². The lowest BCUT2D eigenvalue weighted by atomic mass is 10.1. The molecular formula is C19H18ClN3O3S2. The fourth-order valence-electron chi connectivity index (χ4n) is 2.44. The molecule has 0 saturated carbocycles. The molecule has 0 spiro atoms. The number of halogens is 1. The Morgan fingerprint density at radius 1 is 1.07 bits per heavy atom. The van der Waals surface area contributed by atoms with Crippen LogP contribution in [-0.4, -0.2) is 25.9 Å². The molecule has 28 heavy (non-hydrogen) atoms. The maximum absolute atomic E-state index is 12.4. The van der Waals surface area contributed by atoms with Gasteiger partial charge in [0.05, 0.1) is 17.0 Å². The van der Waals surface area contributed by atoms with Gasteiger partial charge in [0.15, 0.2) is 5.13 Å². The number of anilines is 1. The number of aromatic nitrogens is 1. The zero-order chi connectivity index (χ0) is 20.0. The Kier molecular flexibility index (Phi) is 6.66. The minimum absolute atomic E-state index is 0.0901. The van der Waals surface area contributed by atoms with E-state index in [-0.39, 0.29) is 22.4 Å². The number of amides is 1. The third-order valence-corrected chi connectivity index (χ3v) is 6.36. The van der Waals surface area contributed by atoms with Crippen molar-refractivity contribution in [3.05, 3.63) is 76.3 Å². The van der Waals surface area contributed by atoms with Crippen molar-refractivity contribution >= 4 is 44.0 Å². The third kappa shape index (κ3) is 5.79. The molecule has 3 rings (SSSR count). The number of hydrogen-bond donors (Lipinski definition) is 2. The van der Waals surface area contributed by atoms with Crippen LogP contribution in [0.3, 0.4) is 0 Å². The summed E-state index contributed by atoms with van der Waals surface area (Å²) < 4.78 is 27.1. The molecule has 0 unspecified atom stereocenters. The van der Waals surface area contributed by atoms with Gasteiger partial charge in [0.2, 0.25) is 5.91 Å². The number of nitrogens with one attached hydrogen (secondary N) is 2. The van der Waals surface area contributed by atoms with Crippen LogP contribution >= 0.6 is 22.9 Å². The Balaban J connectivity index is 1.52. The Bertz CT molecular complexity index is 1040. The van der Waals surface area contributed by atoms with Crippen LogP contribution in [0.25, 0.3) is 0 Å². The average Bonchev–Trinajstić information content (AvgIpc) is 3.09. The SMILES string of the molecule is O=C(Cc1csc(NS(=O)(=O)c2ccc(Cl)cc2)n1)NCCc1ccccc1. The molecule has 2 aromatic carbocycles. The molecule has 1 aromatic heterocycles. The van der Waals surface area contributed by atoms with Gasteiger partial charge in [-0.05, 0) is 36.2 Å². The van der Waals surface area contributed by atoms with Crippen LogP contribution < -0.4 is 10.0 Å². The zero-order valence-electron chi connectivity index (χ0n) is 14.8. The molecule has 1 heterocycles. The van der Waals surface area contributed by atoms with E-state index in [1.807, 2.05) is 30.3 Å². The molecule has 6 nitrogen and oxygen atoms in total. The lowest BCUT2D eigenvalue weighted by Gasteiger charge is -2.05. The second-order valence-electron chi connectivity index (χ2n) is 5.97. The van der Waals surface area contributed by atoms with Crippen LogP contribution in [0.1, 0.15) is 11.3 Å². The number of nitrogens with zero attached hydrogens (tertiary/aromatic N) is 1. The Morgan fingerprint density at radius 2 is 1.79 bits per heavy atom. The Hall–Kier alpha value is -2.42. The highest BCUT2D eigenvalue weighted by molar-refractivity contribution is 7.93. The monoisotopic (exact) mass is 435 g/mol. The highest BCUT2D eigenvalue weighted by Gasteiger charge is 2.16. The summed E-state index contributed by atoms with van der Waals surface area (Å²) >= 11 is 6.91. The Labute approximate surface area is 172 Å². The molecular weight excluding hydrogens is 418 g/mol. The van der Waals surface area contributed by atoms with Gasteiger partial charge in [-0.25, -0.2) is 13.4 Å². The lowest BCUT2D eigenvalue weighted by molar-refractivity contribution is -0.120. The third-order valence-electron chi connectivity index (χ3n) is 3.82. The first-order chi connectivity index (χ1) is 13.4. The van der Waals surface area contributed by atoms with Crippen LogP contribution in [0.15, 0.2) is 64.9 Å². The van der Waals surface area contributed by atoms with Crippen LogP contribution in [0, 0.1) is 0 Å². The molecule has 1 amide bonds. The van der Waals surface area contributed by atoms with Crippen molar-refractivity contribution in [2.24, 2.45) is 0 Å². The first-order valence-corrected chi connectivity index (χ1v) is 11.2. The first kappa shape index (κ1) is 20.3. The molecule has 0 aliphatic carbocycles. The van der Waals surface area contributed by atoms with E-state index in [9.17, 15) is 13.2 Å². The number of carbonyl (C=O) groups excluding carboxylic acids is 1. The zero-order valence-corrected chi connectivity index (χ0v) is 17.2. The van der Waals surface area contributed by atoms with E-state index in [1.54, 1.807) is 5.38 Å². The summed E-state index contributed by atoms with van der Waals surface area (Å²) in [4.78, 5) is 16.3. The highest BCUT2D eigenvalue weighted by Crippen LogP contribution is 2.21. The summed E-state index contributed by atoms with van der Waals surface area (Å²) in [6.45, 7) is 0.531. The van der Waals surface area contributed by atoms with Crippen molar-refractivity contribution in [1.29, 1.82) is 0 Å². The molecule has 2 N–H and O–H groups in total. The summed E-state index contributed by atoms with van der Waals surface area (Å²) in [6.07, 6.45) is 0.837.